The van der Waals surface area contributed by atoms with Gasteiger partial charge >= 0.3 is 6.09 Å². The van der Waals surface area contributed by atoms with Gasteiger partial charge in [-0.3, -0.25) is 0 Å². The largest absolute Gasteiger partial charge is 0.493 e. The average molecular weight is 617 g/mol. The fraction of sp³-hybridized carbons (Fsp3) is 0.379. The topological polar surface area (TPSA) is 98.7 Å². The third-order valence-corrected chi connectivity index (χ3v) is 8.34. The molecule has 5 rings (SSSR count). The zero-order chi connectivity index (χ0) is 29.1. The zero-order valence-electron chi connectivity index (χ0n) is 23.2. The maximum Gasteiger partial charge on any atom is 0.410 e. The molecule has 0 saturated carbocycles. The summed E-state index contributed by atoms with van der Waals surface area (Å²) in [6.07, 6.45) is 2.93. The number of halogens is 2. The van der Waals surface area contributed by atoms with Crippen molar-refractivity contribution in [2.75, 3.05) is 25.5 Å². The Labute approximate surface area is 252 Å². The number of likely N-dealkylation sites (tertiary alicyclic amines) is 1. The van der Waals surface area contributed by atoms with Gasteiger partial charge in [0.1, 0.15) is 24.4 Å². The third-order valence-electron chi connectivity index (χ3n) is 6.54. The smallest absolute Gasteiger partial charge is 0.410 e. The summed E-state index contributed by atoms with van der Waals surface area (Å²) in [4.78, 5) is 27.8. The van der Waals surface area contributed by atoms with Crippen LogP contribution in [0.15, 0.2) is 42.0 Å². The van der Waals surface area contributed by atoms with Gasteiger partial charge in [-0.25, -0.2) is 19.7 Å². The van der Waals surface area contributed by atoms with E-state index in [0.29, 0.717) is 51.9 Å². The molecule has 41 heavy (non-hydrogen) atoms. The number of piperidine rings is 1. The summed E-state index contributed by atoms with van der Waals surface area (Å²) in [6, 6.07) is 8.95. The number of carbonyl (C=O) groups is 1. The van der Waals surface area contributed by atoms with Crippen LogP contribution in [0.25, 0.3) is 10.9 Å². The molecule has 1 N–H and O–H groups in total. The monoisotopic (exact) mass is 615 g/mol. The van der Waals surface area contributed by atoms with Gasteiger partial charge in [-0.15, -0.1) is 11.3 Å². The van der Waals surface area contributed by atoms with Gasteiger partial charge in [0.25, 0.3) is 0 Å². The number of fused-ring (bicyclic) bond motifs is 1. The molecule has 1 amide bonds. The van der Waals surface area contributed by atoms with Crippen molar-refractivity contribution >= 4 is 63.0 Å². The van der Waals surface area contributed by atoms with Gasteiger partial charge < -0.3 is 24.4 Å². The number of anilines is 2. The normalized spacial score (nSPS) is 14.2. The minimum atomic E-state index is -0.496. The van der Waals surface area contributed by atoms with E-state index in [4.69, 9.17) is 42.4 Å². The lowest BCUT2D eigenvalue weighted by Crippen LogP contribution is -2.41. The van der Waals surface area contributed by atoms with Crippen LogP contribution in [0, 0.1) is 0 Å². The molecule has 0 atom stereocenters. The number of ether oxygens (including phenoxy) is 3. The van der Waals surface area contributed by atoms with Gasteiger partial charge in [0.15, 0.2) is 11.5 Å². The summed E-state index contributed by atoms with van der Waals surface area (Å²) in [5.41, 5.74) is 1.78. The molecule has 9 nitrogen and oxygen atoms in total. The second kappa shape index (κ2) is 12.3. The van der Waals surface area contributed by atoms with E-state index in [2.05, 4.69) is 15.3 Å². The van der Waals surface area contributed by atoms with E-state index in [9.17, 15) is 4.79 Å². The van der Waals surface area contributed by atoms with E-state index in [1.165, 1.54) is 6.33 Å². The van der Waals surface area contributed by atoms with Crippen molar-refractivity contribution in [1.82, 2.24) is 19.9 Å². The highest BCUT2D eigenvalue weighted by molar-refractivity contribution is 7.09. The Balaban J connectivity index is 1.24. The molecule has 2 aromatic heterocycles. The van der Waals surface area contributed by atoms with Crippen LogP contribution in [-0.2, 0) is 11.3 Å². The van der Waals surface area contributed by atoms with Crippen LogP contribution in [0.2, 0.25) is 10.0 Å². The molecule has 4 aromatic rings. The number of hydrogen-bond acceptors (Lipinski definition) is 9. The number of carbonyl (C=O) groups excluding carboxylic acids is 1. The molecule has 0 aliphatic carbocycles. The summed E-state index contributed by atoms with van der Waals surface area (Å²) in [6.45, 7) is 7.24. The summed E-state index contributed by atoms with van der Waals surface area (Å²) < 4.78 is 17.3. The Hall–Kier alpha value is -3.34. The van der Waals surface area contributed by atoms with Crippen molar-refractivity contribution < 1.29 is 19.0 Å². The van der Waals surface area contributed by atoms with Crippen molar-refractivity contribution in [2.45, 2.75) is 51.7 Å². The summed E-state index contributed by atoms with van der Waals surface area (Å²) >= 11 is 13.8. The van der Waals surface area contributed by atoms with Crippen LogP contribution in [0.3, 0.4) is 0 Å². The number of rotatable bonds is 7. The molecule has 216 valence electrons. The molecule has 1 fully saturated rings. The predicted octanol–water partition coefficient (Wildman–Crippen LogP) is 7.84. The van der Waals surface area contributed by atoms with Crippen LogP contribution >= 0.6 is 34.5 Å². The molecule has 1 aliphatic heterocycles. The van der Waals surface area contributed by atoms with E-state index in [-0.39, 0.29) is 12.7 Å². The van der Waals surface area contributed by atoms with Gasteiger partial charge in [0.2, 0.25) is 0 Å². The average Bonchev–Trinajstić information content (AvgIpc) is 3.42. The van der Waals surface area contributed by atoms with Crippen molar-refractivity contribution in [1.29, 1.82) is 0 Å². The number of amides is 1. The number of thiazole rings is 1. The van der Waals surface area contributed by atoms with Gasteiger partial charge in [0, 0.05) is 41.5 Å². The second-order valence-electron chi connectivity index (χ2n) is 10.7. The minimum absolute atomic E-state index is 0.254. The van der Waals surface area contributed by atoms with Crippen LogP contribution in [0.4, 0.5) is 16.3 Å². The van der Waals surface area contributed by atoms with E-state index in [1.807, 2.05) is 44.4 Å². The maximum absolute atomic E-state index is 12.4. The first-order valence-corrected chi connectivity index (χ1v) is 14.8. The number of nitrogens with one attached hydrogen (secondary N) is 1. The fourth-order valence-electron chi connectivity index (χ4n) is 4.51. The molecule has 2 aromatic carbocycles. The Morgan fingerprint density at radius 2 is 1.88 bits per heavy atom. The fourth-order valence-corrected chi connectivity index (χ4v) is 5.78. The zero-order valence-corrected chi connectivity index (χ0v) is 25.6. The molecule has 0 spiro atoms. The first-order chi connectivity index (χ1) is 19.6. The van der Waals surface area contributed by atoms with E-state index in [0.717, 1.165) is 34.6 Å². The summed E-state index contributed by atoms with van der Waals surface area (Å²) in [5, 5.41) is 8.03. The lowest BCUT2D eigenvalue weighted by molar-refractivity contribution is 0.0204. The molecule has 0 radical (unpaired) electrons. The lowest BCUT2D eigenvalue weighted by atomic mass is 9.98. The van der Waals surface area contributed by atoms with Gasteiger partial charge in [0.05, 0.1) is 33.4 Å². The number of aromatic nitrogens is 3. The quantitative estimate of drug-likeness (QED) is 0.224. The number of benzene rings is 2. The Morgan fingerprint density at radius 1 is 1.10 bits per heavy atom. The van der Waals surface area contributed by atoms with Crippen molar-refractivity contribution in [2.24, 2.45) is 0 Å². The SMILES string of the molecule is COc1cc2c(Nc3ccc(Cl)c(Cl)c3)ncnc2cc1OCc1csc(C2CCN(C(=O)OC(C)(C)C)CC2)n1. The van der Waals surface area contributed by atoms with Crippen LogP contribution in [-0.4, -0.2) is 51.7 Å². The molecular weight excluding hydrogens is 585 g/mol. The van der Waals surface area contributed by atoms with Crippen LogP contribution in [0.1, 0.15) is 50.2 Å². The minimum Gasteiger partial charge on any atom is -0.493 e. The first-order valence-electron chi connectivity index (χ1n) is 13.2. The molecule has 12 heteroatoms. The summed E-state index contributed by atoms with van der Waals surface area (Å²) in [5.74, 6) is 2.01. The van der Waals surface area contributed by atoms with Crippen molar-refractivity contribution in [3.05, 3.63) is 62.8 Å². The third kappa shape index (κ3) is 7.12. The maximum atomic E-state index is 12.4. The number of methoxy groups -OCH3 is 1. The molecule has 1 saturated heterocycles. The lowest BCUT2D eigenvalue weighted by Gasteiger charge is -2.32. The van der Waals surface area contributed by atoms with Gasteiger partial charge in [-0.05, 0) is 57.9 Å². The predicted molar refractivity (Wildman–Crippen MR) is 162 cm³/mol. The van der Waals surface area contributed by atoms with E-state index >= 15 is 0 Å². The van der Waals surface area contributed by atoms with E-state index in [1.54, 1.807) is 35.5 Å². The van der Waals surface area contributed by atoms with Gasteiger partial charge in [-0.1, -0.05) is 23.2 Å². The highest BCUT2D eigenvalue weighted by Crippen LogP contribution is 2.36. The molecule has 3 heterocycles. The molecule has 0 unspecified atom stereocenters. The highest BCUT2D eigenvalue weighted by Gasteiger charge is 2.28. The first kappa shape index (κ1) is 29.2. The number of hydrogen-bond donors (Lipinski definition) is 1. The Kier molecular flexibility index (Phi) is 8.72. The Bertz CT molecular complexity index is 1550. The standard InChI is InChI=1S/C29H31Cl2N5O4S/c1-29(2,3)40-28(37)36-9-7-17(8-10-36)27-35-19(15-41-27)14-39-25-13-23-20(12-24(25)38-4)26(33-16-32-23)34-18-5-6-21(30)22(31)11-18/h5-6,11-13,15-17H,7-10,14H2,1-4H3,(H,32,33,34). The van der Waals surface area contributed by atoms with Gasteiger partial charge in [-0.2, -0.15) is 0 Å². The second-order valence-corrected chi connectivity index (χ2v) is 12.4. The van der Waals surface area contributed by atoms with Crippen LogP contribution < -0.4 is 14.8 Å². The van der Waals surface area contributed by atoms with Crippen LogP contribution in [0.5, 0.6) is 11.5 Å². The molecule has 0 bridgehead atoms. The number of nitrogens with zero attached hydrogens (tertiary/aromatic N) is 4. The molecular formula is C29H31Cl2N5O4S. The van der Waals surface area contributed by atoms with Crippen molar-refractivity contribution in [3.63, 3.8) is 0 Å². The highest BCUT2D eigenvalue weighted by atomic mass is 35.5. The van der Waals surface area contributed by atoms with Crippen molar-refractivity contribution in [3.8, 4) is 11.5 Å². The van der Waals surface area contributed by atoms with E-state index < -0.39 is 5.60 Å². The molecule has 1 aliphatic rings. The summed E-state index contributed by atoms with van der Waals surface area (Å²) in [7, 11) is 1.59. The Morgan fingerprint density at radius 3 is 2.59 bits per heavy atom.